The molecule has 0 atom stereocenters. The number of carbonyl (C=O) groups is 2. The van der Waals surface area contributed by atoms with E-state index in [-0.39, 0.29) is 11.8 Å². The summed E-state index contributed by atoms with van der Waals surface area (Å²) < 4.78 is 16.5. The lowest BCUT2D eigenvalue weighted by Gasteiger charge is -2.33. The Labute approximate surface area is 163 Å². The Balaban J connectivity index is 1.33. The first-order valence-electron chi connectivity index (χ1n) is 9.40. The van der Waals surface area contributed by atoms with Gasteiger partial charge in [0.05, 0.1) is 19.5 Å². The van der Waals surface area contributed by atoms with E-state index >= 15 is 0 Å². The molecule has 28 heavy (non-hydrogen) atoms. The SMILES string of the molecule is O=C(C=Cc1ccc2c(c1)OCCCO2)N1CCN(C(=O)c2ccco2)CC1. The van der Waals surface area contributed by atoms with Crippen molar-refractivity contribution in [3.63, 3.8) is 0 Å². The lowest BCUT2D eigenvalue weighted by atomic mass is 10.2. The van der Waals surface area contributed by atoms with E-state index in [2.05, 4.69) is 0 Å². The highest BCUT2D eigenvalue weighted by Gasteiger charge is 2.25. The number of piperazine rings is 1. The molecule has 0 radical (unpaired) electrons. The first kappa shape index (κ1) is 18.2. The molecule has 1 aromatic carbocycles. The van der Waals surface area contributed by atoms with Gasteiger partial charge in [-0.2, -0.15) is 0 Å². The van der Waals surface area contributed by atoms with Crippen LogP contribution in [0, 0.1) is 0 Å². The summed E-state index contributed by atoms with van der Waals surface area (Å²) in [6.45, 7) is 3.25. The third-order valence-electron chi connectivity index (χ3n) is 4.80. The minimum atomic E-state index is -0.139. The summed E-state index contributed by atoms with van der Waals surface area (Å²) in [4.78, 5) is 28.2. The second-order valence-electron chi connectivity index (χ2n) is 6.68. The van der Waals surface area contributed by atoms with Gasteiger partial charge in [-0.05, 0) is 35.9 Å². The van der Waals surface area contributed by atoms with Crippen molar-refractivity contribution in [1.82, 2.24) is 9.80 Å². The van der Waals surface area contributed by atoms with Gasteiger partial charge in [-0.15, -0.1) is 0 Å². The van der Waals surface area contributed by atoms with Crippen LogP contribution in [-0.2, 0) is 4.79 Å². The summed E-state index contributed by atoms with van der Waals surface area (Å²) in [7, 11) is 0. The molecule has 1 saturated heterocycles. The van der Waals surface area contributed by atoms with Crippen LogP contribution in [0.4, 0.5) is 0 Å². The van der Waals surface area contributed by atoms with E-state index in [9.17, 15) is 9.59 Å². The molecule has 1 fully saturated rings. The summed E-state index contributed by atoms with van der Waals surface area (Å²) in [5.41, 5.74) is 0.879. The topological polar surface area (TPSA) is 72.2 Å². The number of furan rings is 1. The van der Waals surface area contributed by atoms with Crippen LogP contribution < -0.4 is 9.47 Å². The summed E-state index contributed by atoms with van der Waals surface area (Å²) in [5.74, 6) is 1.56. The number of hydrogen-bond donors (Lipinski definition) is 0. The van der Waals surface area contributed by atoms with Gasteiger partial charge in [0, 0.05) is 38.7 Å². The number of ether oxygens (including phenoxy) is 2. The van der Waals surface area contributed by atoms with E-state index in [4.69, 9.17) is 13.9 Å². The molecule has 2 aromatic rings. The van der Waals surface area contributed by atoms with Crippen molar-refractivity contribution in [2.75, 3.05) is 39.4 Å². The van der Waals surface area contributed by atoms with E-state index in [1.165, 1.54) is 6.26 Å². The molecule has 0 unspecified atom stereocenters. The summed E-state index contributed by atoms with van der Waals surface area (Å²) in [6.07, 6.45) is 5.67. The fourth-order valence-electron chi connectivity index (χ4n) is 3.24. The second-order valence-corrected chi connectivity index (χ2v) is 6.68. The Bertz CT molecular complexity index is 867. The summed E-state index contributed by atoms with van der Waals surface area (Å²) in [5, 5.41) is 0. The summed E-state index contributed by atoms with van der Waals surface area (Å²) >= 11 is 0. The van der Waals surface area contributed by atoms with Crippen molar-refractivity contribution in [3.8, 4) is 11.5 Å². The number of amides is 2. The van der Waals surface area contributed by atoms with Crippen LogP contribution in [0.25, 0.3) is 6.08 Å². The molecule has 0 spiro atoms. The largest absolute Gasteiger partial charge is 0.490 e. The zero-order chi connectivity index (χ0) is 19.3. The van der Waals surface area contributed by atoms with E-state index in [1.807, 2.05) is 18.2 Å². The maximum atomic E-state index is 12.5. The Morgan fingerprint density at radius 3 is 2.43 bits per heavy atom. The van der Waals surface area contributed by atoms with Crippen LogP contribution in [0.3, 0.4) is 0 Å². The van der Waals surface area contributed by atoms with Crippen LogP contribution in [0.1, 0.15) is 22.5 Å². The van der Waals surface area contributed by atoms with Crippen molar-refractivity contribution in [1.29, 1.82) is 0 Å². The molecular weight excluding hydrogens is 360 g/mol. The quantitative estimate of drug-likeness (QED) is 0.763. The molecule has 7 heteroatoms. The smallest absolute Gasteiger partial charge is 0.289 e. The zero-order valence-electron chi connectivity index (χ0n) is 15.5. The summed E-state index contributed by atoms with van der Waals surface area (Å²) in [6, 6.07) is 8.99. The lowest BCUT2D eigenvalue weighted by Crippen LogP contribution is -2.50. The lowest BCUT2D eigenvalue weighted by molar-refractivity contribution is -0.127. The molecule has 146 valence electrons. The van der Waals surface area contributed by atoms with Gasteiger partial charge in [0.25, 0.3) is 5.91 Å². The Hall–Kier alpha value is -3.22. The molecule has 2 amide bonds. The minimum absolute atomic E-state index is 0.0720. The van der Waals surface area contributed by atoms with Crippen LogP contribution in [0.5, 0.6) is 11.5 Å². The highest BCUT2D eigenvalue weighted by atomic mass is 16.5. The number of fused-ring (bicyclic) bond motifs is 1. The molecule has 7 nitrogen and oxygen atoms in total. The zero-order valence-corrected chi connectivity index (χ0v) is 15.5. The molecule has 0 aliphatic carbocycles. The average molecular weight is 382 g/mol. The fraction of sp³-hybridized carbons (Fsp3) is 0.333. The van der Waals surface area contributed by atoms with Gasteiger partial charge in [0.15, 0.2) is 17.3 Å². The molecule has 0 N–H and O–H groups in total. The van der Waals surface area contributed by atoms with Gasteiger partial charge in [-0.3, -0.25) is 9.59 Å². The maximum absolute atomic E-state index is 12.5. The van der Waals surface area contributed by atoms with E-state index in [0.29, 0.717) is 50.9 Å². The third-order valence-corrected chi connectivity index (χ3v) is 4.80. The Morgan fingerprint density at radius 2 is 1.68 bits per heavy atom. The van der Waals surface area contributed by atoms with Crippen molar-refractivity contribution < 1.29 is 23.5 Å². The molecule has 2 aliphatic rings. The van der Waals surface area contributed by atoms with Crippen LogP contribution >= 0.6 is 0 Å². The van der Waals surface area contributed by atoms with E-state index < -0.39 is 0 Å². The monoisotopic (exact) mass is 382 g/mol. The van der Waals surface area contributed by atoms with Gasteiger partial charge >= 0.3 is 0 Å². The molecule has 1 aromatic heterocycles. The number of carbonyl (C=O) groups excluding carboxylic acids is 2. The fourth-order valence-corrected chi connectivity index (χ4v) is 3.24. The van der Waals surface area contributed by atoms with Crippen molar-refractivity contribution in [2.24, 2.45) is 0 Å². The predicted octanol–water partition coefficient (Wildman–Crippen LogP) is 2.44. The van der Waals surface area contributed by atoms with Crippen LogP contribution in [0.2, 0.25) is 0 Å². The van der Waals surface area contributed by atoms with Gasteiger partial charge in [0.2, 0.25) is 5.91 Å². The normalized spacial score (nSPS) is 16.9. The van der Waals surface area contributed by atoms with Crippen molar-refractivity contribution in [2.45, 2.75) is 6.42 Å². The average Bonchev–Trinajstić information content (AvgIpc) is 3.17. The number of hydrogen-bond acceptors (Lipinski definition) is 5. The first-order valence-corrected chi connectivity index (χ1v) is 9.40. The third kappa shape index (κ3) is 4.03. The molecule has 0 bridgehead atoms. The second kappa shape index (κ2) is 8.21. The van der Waals surface area contributed by atoms with Crippen LogP contribution in [-0.4, -0.2) is 61.0 Å². The van der Waals surface area contributed by atoms with Crippen molar-refractivity contribution >= 4 is 17.9 Å². The molecule has 4 rings (SSSR count). The van der Waals surface area contributed by atoms with E-state index in [1.54, 1.807) is 34.1 Å². The first-order chi connectivity index (χ1) is 13.7. The highest BCUT2D eigenvalue weighted by Crippen LogP contribution is 2.30. The van der Waals surface area contributed by atoms with Gasteiger partial charge < -0.3 is 23.7 Å². The molecule has 2 aliphatic heterocycles. The molecular formula is C21H22N2O5. The Morgan fingerprint density at radius 1 is 0.929 bits per heavy atom. The maximum Gasteiger partial charge on any atom is 0.289 e. The number of nitrogens with zero attached hydrogens (tertiary/aromatic N) is 2. The van der Waals surface area contributed by atoms with Gasteiger partial charge in [-0.1, -0.05) is 6.07 Å². The standard InChI is InChI=1S/C21H22N2O5/c24-20(7-5-16-4-6-17-19(15-16)28-14-2-13-26-17)22-8-10-23(11-9-22)21(25)18-3-1-12-27-18/h1,3-7,12,15H,2,8-11,13-14H2. The predicted molar refractivity (Wildman–Crippen MR) is 102 cm³/mol. The minimum Gasteiger partial charge on any atom is -0.490 e. The molecule has 3 heterocycles. The van der Waals surface area contributed by atoms with Crippen molar-refractivity contribution in [3.05, 3.63) is 54.0 Å². The van der Waals surface area contributed by atoms with Gasteiger partial charge in [0.1, 0.15) is 0 Å². The number of benzene rings is 1. The van der Waals surface area contributed by atoms with E-state index in [0.717, 1.165) is 17.7 Å². The van der Waals surface area contributed by atoms with Crippen LogP contribution in [0.15, 0.2) is 47.1 Å². The number of rotatable bonds is 3. The molecule has 0 saturated carbocycles. The van der Waals surface area contributed by atoms with Gasteiger partial charge in [-0.25, -0.2) is 0 Å². The highest BCUT2D eigenvalue weighted by molar-refractivity contribution is 5.93. The Kier molecular flexibility index (Phi) is 5.32.